The molecule has 1 aliphatic heterocycles. The van der Waals surface area contributed by atoms with Gasteiger partial charge in [-0.1, -0.05) is 0 Å². The van der Waals surface area contributed by atoms with Crippen molar-refractivity contribution in [3.05, 3.63) is 35.6 Å². The first-order valence-electron chi connectivity index (χ1n) is 13.9. The van der Waals surface area contributed by atoms with Gasteiger partial charge in [-0.3, -0.25) is 9.59 Å². The van der Waals surface area contributed by atoms with E-state index in [0.717, 1.165) is 77.1 Å². The van der Waals surface area contributed by atoms with Crippen LogP contribution in [-0.4, -0.2) is 55.0 Å². The van der Waals surface area contributed by atoms with Gasteiger partial charge in [0.05, 0.1) is 6.10 Å². The van der Waals surface area contributed by atoms with Crippen LogP contribution in [0, 0.1) is 23.6 Å². The van der Waals surface area contributed by atoms with Crippen molar-refractivity contribution in [2.75, 3.05) is 26.2 Å². The Hall–Kier alpha value is -1.79. The van der Waals surface area contributed by atoms with Crippen LogP contribution in [0.25, 0.3) is 0 Å². The van der Waals surface area contributed by atoms with Gasteiger partial charge < -0.3 is 15.0 Å². The molecule has 1 saturated heterocycles. The number of Topliss-reactive ketones (excluding diaryl/α,β-unsaturated/α-hetero) is 1. The molecule has 6 heteroatoms. The zero-order chi connectivity index (χ0) is 24.6. The molecule has 35 heavy (non-hydrogen) atoms. The van der Waals surface area contributed by atoms with Crippen molar-refractivity contribution in [1.82, 2.24) is 10.2 Å². The lowest BCUT2D eigenvalue weighted by atomic mass is 9.83. The number of rotatable bonds is 10. The summed E-state index contributed by atoms with van der Waals surface area (Å²) in [6.07, 6.45) is 11.8. The van der Waals surface area contributed by atoms with Crippen molar-refractivity contribution in [2.45, 2.75) is 89.7 Å². The Morgan fingerprint density at radius 3 is 2.34 bits per heavy atom. The van der Waals surface area contributed by atoms with E-state index in [-0.39, 0.29) is 23.4 Å². The molecule has 5 nitrogen and oxygen atoms in total. The first-order chi connectivity index (χ1) is 17.0. The number of amides is 1. The fourth-order valence-corrected chi connectivity index (χ4v) is 6.38. The Morgan fingerprint density at radius 1 is 0.971 bits per heavy atom. The van der Waals surface area contributed by atoms with Crippen LogP contribution in [0.15, 0.2) is 24.3 Å². The lowest BCUT2D eigenvalue weighted by molar-refractivity contribution is -0.123. The van der Waals surface area contributed by atoms with Gasteiger partial charge in [-0.05, 0) is 127 Å². The van der Waals surface area contributed by atoms with Crippen LogP contribution in [0.3, 0.4) is 0 Å². The number of nitrogens with zero attached hydrogens (tertiary/aromatic N) is 1. The Balaban J connectivity index is 1.08. The molecule has 0 spiro atoms. The molecule has 2 aliphatic carbocycles. The summed E-state index contributed by atoms with van der Waals surface area (Å²) in [5.41, 5.74) is 0.631. The molecule has 0 bridgehead atoms. The summed E-state index contributed by atoms with van der Waals surface area (Å²) in [5, 5.41) is 3.31. The monoisotopic (exact) mass is 486 g/mol. The fourth-order valence-electron chi connectivity index (χ4n) is 6.38. The zero-order valence-corrected chi connectivity index (χ0v) is 21.4. The van der Waals surface area contributed by atoms with Crippen LogP contribution >= 0.6 is 0 Å². The van der Waals surface area contributed by atoms with Crippen molar-refractivity contribution < 1.29 is 18.7 Å². The third-order valence-electron chi connectivity index (χ3n) is 8.52. The molecule has 3 aliphatic rings. The van der Waals surface area contributed by atoms with Gasteiger partial charge in [0.25, 0.3) is 0 Å². The summed E-state index contributed by atoms with van der Waals surface area (Å²) in [5.74, 6) is 1.38. The second-order valence-electron chi connectivity index (χ2n) is 11.0. The summed E-state index contributed by atoms with van der Waals surface area (Å²) in [4.78, 5) is 27.7. The second-order valence-corrected chi connectivity index (χ2v) is 11.0. The number of hydrogen-bond donors (Lipinski definition) is 1. The number of likely N-dealkylation sites (tertiary alicyclic amines) is 1. The third kappa shape index (κ3) is 7.85. The van der Waals surface area contributed by atoms with Crippen LogP contribution in [-0.2, 0) is 9.53 Å². The van der Waals surface area contributed by atoms with Crippen LogP contribution < -0.4 is 5.32 Å². The largest absolute Gasteiger partial charge is 0.378 e. The molecule has 2 saturated carbocycles. The molecule has 1 aromatic rings. The highest BCUT2D eigenvalue weighted by molar-refractivity contribution is 5.97. The average Bonchev–Trinajstić information content (AvgIpc) is 3.31. The number of benzene rings is 1. The van der Waals surface area contributed by atoms with Crippen LogP contribution in [0.1, 0.15) is 87.9 Å². The standard InChI is InChI=1S/C29H43FN2O3/c1-2-35-27-12-5-22(19-27)20-28(33)31-26-10-3-21(4-11-26)13-16-32-17-14-24(15-18-32)29(34)23-6-8-25(30)9-7-23/h6-9,21-22,24,26-27H,2-5,10-20H2,1H3,(H,31,33)/t21-,22-,26-,27-/m1/s1. The van der Waals surface area contributed by atoms with Gasteiger partial charge in [-0.15, -0.1) is 0 Å². The van der Waals surface area contributed by atoms with Crippen molar-refractivity contribution in [2.24, 2.45) is 17.8 Å². The van der Waals surface area contributed by atoms with Gasteiger partial charge in [0, 0.05) is 30.6 Å². The van der Waals surface area contributed by atoms with E-state index in [9.17, 15) is 14.0 Å². The maximum Gasteiger partial charge on any atom is 0.220 e. The summed E-state index contributed by atoms with van der Waals surface area (Å²) in [6, 6.07) is 6.30. The smallest absolute Gasteiger partial charge is 0.220 e. The van der Waals surface area contributed by atoms with Crippen LogP contribution in [0.2, 0.25) is 0 Å². The van der Waals surface area contributed by atoms with E-state index >= 15 is 0 Å². The first-order valence-corrected chi connectivity index (χ1v) is 13.9. The van der Waals surface area contributed by atoms with E-state index in [2.05, 4.69) is 10.2 Å². The molecule has 0 aromatic heterocycles. The normalized spacial score (nSPS) is 28.2. The molecule has 3 fully saturated rings. The molecule has 1 N–H and O–H groups in total. The van der Waals surface area contributed by atoms with Crippen molar-refractivity contribution in [3.63, 3.8) is 0 Å². The highest BCUT2D eigenvalue weighted by Crippen LogP contribution is 2.31. The molecular weight excluding hydrogens is 443 g/mol. The number of nitrogens with one attached hydrogen (secondary N) is 1. The minimum atomic E-state index is -0.298. The Kier molecular flexibility index (Phi) is 9.73. The van der Waals surface area contributed by atoms with Gasteiger partial charge in [0.15, 0.2) is 5.78 Å². The van der Waals surface area contributed by atoms with Gasteiger partial charge >= 0.3 is 0 Å². The van der Waals surface area contributed by atoms with E-state index in [1.807, 2.05) is 6.92 Å². The Bertz CT molecular complexity index is 814. The fraction of sp³-hybridized carbons (Fsp3) is 0.724. The lowest BCUT2D eigenvalue weighted by Crippen LogP contribution is -2.39. The molecule has 1 heterocycles. The van der Waals surface area contributed by atoms with Gasteiger partial charge in [-0.25, -0.2) is 4.39 Å². The lowest BCUT2D eigenvalue weighted by Gasteiger charge is -2.34. The van der Waals surface area contributed by atoms with E-state index in [4.69, 9.17) is 4.74 Å². The number of carbonyl (C=O) groups excluding carboxylic acids is 2. The predicted octanol–water partition coefficient (Wildman–Crippen LogP) is 5.38. The quantitative estimate of drug-likeness (QED) is 0.451. The molecule has 4 rings (SSSR count). The van der Waals surface area contributed by atoms with Gasteiger partial charge in [0.2, 0.25) is 5.91 Å². The molecule has 1 aromatic carbocycles. The minimum Gasteiger partial charge on any atom is -0.378 e. The van der Waals surface area contributed by atoms with Crippen molar-refractivity contribution in [1.29, 1.82) is 0 Å². The number of carbonyl (C=O) groups is 2. The first kappa shape index (κ1) is 26.3. The number of ether oxygens (including phenoxy) is 1. The van der Waals surface area contributed by atoms with E-state index < -0.39 is 0 Å². The summed E-state index contributed by atoms with van der Waals surface area (Å²) >= 11 is 0. The molecular formula is C29H43FN2O3. The Labute approximate surface area is 210 Å². The SMILES string of the molecule is CCO[C@@H]1CC[C@@H](CC(=O)N[C@H]2CC[C@H](CCN3CCC(C(=O)c4ccc(F)cc4)CC3)CC2)C1. The third-order valence-corrected chi connectivity index (χ3v) is 8.52. The zero-order valence-electron chi connectivity index (χ0n) is 21.4. The highest BCUT2D eigenvalue weighted by atomic mass is 19.1. The minimum absolute atomic E-state index is 0.0602. The van der Waals surface area contributed by atoms with E-state index in [1.165, 1.54) is 31.4 Å². The van der Waals surface area contributed by atoms with E-state index in [0.29, 0.717) is 30.0 Å². The summed E-state index contributed by atoms with van der Waals surface area (Å²) in [6.45, 7) is 5.84. The predicted molar refractivity (Wildman–Crippen MR) is 136 cm³/mol. The number of piperidine rings is 1. The number of ketones is 1. The van der Waals surface area contributed by atoms with Crippen LogP contribution in [0.4, 0.5) is 4.39 Å². The van der Waals surface area contributed by atoms with Crippen molar-refractivity contribution >= 4 is 11.7 Å². The maximum atomic E-state index is 13.1. The molecule has 194 valence electrons. The number of hydrogen-bond acceptors (Lipinski definition) is 4. The van der Waals surface area contributed by atoms with Gasteiger partial charge in [0.1, 0.15) is 5.82 Å². The Morgan fingerprint density at radius 2 is 1.66 bits per heavy atom. The number of halogens is 1. The van der Waals surface area contributed by atoms with Crippen molar-refractivity contribution in [3.8, 4) is 0 Å². The van der Waals surface area contributed by atoms with E-state index in [1.54, 1.807) is 12.1 Å². The molecule has 0 unspecified atom stereocenters. The topological polar surface area (TPSA) is 58.6 Å². The molecule has 0 radical (unpaired) electrons. The van der Waals surface area contributed by atoms with Gasteiger partial charge in [-0.2, -0.15) is 0 Å². The van der Waals surface area contributed by atoms with Crippen LogP contribution in [0.5, 0.6) is 0 Å². The average molecular weight is 487 g/mol. The second kappa shape index (κ2) is 13.0. The summed E-state index contributed by atoms with van der Waals surface area (Å²) < 4.78 is 18.8. The maximum absolute atomic E-state index is 13.1. The summed E-state index contributed by atoms with van der Waals surface area (Å²) in [7, 11) is 0. The highest BCUT2D eigenvalue weighted by Gasteiger charge is 2.29. The molecule has 2 atom stereocenters. The molecule has 1 amide bonds.